The fraction of sp³-hybridized carbons (Fsp3) is 0.120. The van der Waals surface area contributed by atoms with Gasteiger partial charge in [-0.3, -0.25) is 9.59 Å². The summed E-state index contributed by atoms with van der Waals surface area (Å²) in [5, 5.41) is 3.19. The van der Waals surface area contributed by atoms with E-state index in [9.17, 15) is 9.59 Å². The van der Waals surface area contributed by atoms with Crippen LogP contribution in [0.3, 0.4) is 0 Å². The van der Waals surface area contributed by atoms with Crippen LogP contribution in [0.5, 0.6) is 11.5 Å². The van der Waals surface area contributed by atoms with E-state index < -0.39 is 0 Å². The number of fused-ring (bicyclic) bond motifs is 1. The van der Waals surface area contributed by atoms with Crippen LogP contribution in [-0.4, -0.2) is 20.1 Å². The van der Waals surface area contributed by atoms with Gasteiger partial charge in [0, 0.05) is 28.9 Å². The molecule has 1 amide bonds. The zero-order chi connectivity index (χ0) is 22.0. The molecular weight excluding hydrogens is 394 g/mol. The molecule has 6 nitrogen and oxygen atoms in total. The zero-order valence-corrected chi connectivity index (χ0v) is 17.4. The maximum atomic E-state index is 12.7. The Morgan fingerprint density at radius 2 is 1.55 bits per heavy atom. The van der Waals surface area contributed by atoms with Gasteiger partial charge < -0.3 is 19.2 Å². The molecule has 0 saturated carbocycles. The number of hydrogen-bond donors (Lipinski definition) is 1. The van der Waals surface area contributed by atoms with Crippen LogP contribution in [0, 0.1) is 6.92 Å². The normalized spacial score (nSPS) is 10.7. The molecule has 0 atom stereocenters. The first kappa shape index (κ1) is 20.2. The zero-order valence-electron chi connectivity index (χ0n) is 17.4. The number of anilines is 1. The predicted octanol–water partition coefficient (Wildman–Crippen LogP) is 5.04. The molecule has 1 aromatic heterocycles. The number of hydrogen-bond acceptors (Lipinski definition) is 5. The molecule has 156 valence electrons. The predicted molar refractivity (Wildman–Crippen MR) is 120 cm³/mol. The van der Waals surface area contributed by atoms with Crippen molar-refractivity contribution >= 4 is 22.6 Å². The number of methoxy groups -OCH3 is 2. The molecule has 4 aromatic rings. The van der Waals surface area contributed by atoms with Crippen molar-refractivity contribution < 1.29 is 18.7 Å². The fourth-order valence-corrected chi connectivity index (χ4v) is 3.24. The van der Waals surface area contributed by atoms with Crippen molar-refractivity contribution in [1.29, 1.82) is 0 Å². The van der Waals surface area contributed by atoms with Gasteiger partial charge >= 0.3 is 0 Å². The third-order valence-corrected chi connectivity index (χ3v) is 4.93. The first-order valence-electron chi connectivity index (χ1n) is 9.66. The molecule has 0 spiro atoms. The Balaban J connectivity index is 1.64. The Hall–Kier alpha value is -4.06. The van der Waals surface area contributed by atoms with Gasteiger partial charge in [-0.2, -0.15) is 0 Å². The number of aryl methyl sites for hydroxylation is 1. The molecule has 4 rings (SSSR count). The number of carbonyl (C=O) groups is 1. The van der Waals surface area contributed by atoms with E-state index in [1.807, 2.05) is 31.2 Å². The van der Waals surface area contributed by atoms with E-state index in [4.69, 9.17) is 13.9 Å². The van der Waals surface area contributed by atoms with Crippen molar-refractivity contribution in [2.75, 3.05) is 19.5 Å². The Kier molecular flexibility index (Phi) is 5.45. The molecule has 0 aliphatic heterocycles. The molecule has 0 aliphatic rings. The van der Waals surface area contributed by atoms with Crippen LogP contribution in [-0.2, 0) is 0 Å². The van der Waals surface area contributed by atoms with Crippen molar-refractivity contribution in [2.24, 2.45) is 0 Å². The van der Waals surface area contributed by atoms with Crippen LogP contribution in [0.1, 0.15) is 15.9 Å². The van der Waals surface area contributed by atoms with E-state index in [1.54, 1.807) is 36.4 Å². The van der Waals surface area contributed by atoms with Gasteiger partial charge in [0.15, 0.2) is 5.43 Å². The molecule has 0 radical (unpaired) electrons. The van der Waals surface area contributed by atoms with Crippen molar-refractivity contribution in [2.45, 2.75) is 6.92 Å². The summed E-state index contributed by atoms with van der Waals surface area (Å²) in [6, 6.07) is 19.1. The highest BCUT2D eigenvalue weighted by Gasteiger charge is 2.12. The lowest BCUT2D eigenvalue weighted by Gasteiger charge is -2.10. The van der Waals surface area contributed by atoms with E-state index >= 15 is 0 Å². The average molecular weight is 415 g/mol. The van der Waals surface area contributed by atoms with E-state index in [2.05, 4.69) is 5.32 Å². The monoisotopic (exact) mass is 415 g/mol. The molecule has 0 fully saturated rings. The SMILES string of the molecule is COc1cc(OC)cc(C(=O)Nc2ccc3oc(-c4ccc(C)cc4)cc(=O)c3c2)c1. The van der Waals surface area contributed by atoms with Crippen LogP contribution in [0.2, 0.25) is 0 Å². The molecule has 1 heterocycles. The molecular formula is C25H21NO5. The molecule has 3 aromatic carbocycles. The maximum absolute atomic E-state index is 12.7. The summed E-state index contributed by atoms with van der Waals surface area (Å²) in [6.07, 6.45) is 0. The average Bonchev–Trinajstić information content (AvgIpc) is 2.79. The van der Waals surface area contributed by atoms with E-state index in [1.165, 1.54) is 20.3 Å². The second kappa shape index (κ2) is 8.36. The van der Waals surface area contributed by atoms with Gasteiger partial charge in [0.1, 0.15) is 22.8 Å². The third-order valence-electron chi connectivity index (χ3n) is 4.93. The molecule has 0 bridgehead atoms. The Bertz CT molecular complexity index is 1300. The van der Waals surface area contributed by atoms with Crippen molar-refractivity contribution in [3.05, 3.63) is 88.1 Å². The first-order valence-corrected chi connectivity index (χ1v) is 9.66. The number of carbonyl (C=O) groups excluding carboxylic acids is 1. The van der Waals surface area contributed by atoms with Gasteiger partial charge in [0.2, 0.25) is 0 Å². The third kappa shape index (κ3) is 4.28. The van der Waals surface area contributed by atoms with Crippen molar-refractivity contribution in [3.8, 4) is 22.8 Å². The minimum atomic E-state index is -0.350. The molecule has 6 heteroatoms. The van der Waals surface area contributed by atoms with Crippen molar-refractivity contribution in [1.82, 2.24) is 0 Å². The topological polar surface area (TPSA) is 77.8 Å². The Morgan fingerprint density at radius 1 is 0.871 bits per heavy atom. The number of rotatable bonds is 5. The lowest BCUT2D eigenvalue weighted by atomic mass is 10.1. The summed E-state index contributed by atoms with van der Waals surface area (Å²) >= 11 is 0. The van der Waals surface area contributed by atoms with E-state index in [0.29, 0.717) is 39.5 Å². The molecule has 31 heavy (non-hydrogen) atoms. The highest BCUT2D eigenvalue weighted by molar-refractivity contribution is 6.05. The highest BCUT2D eigenvalue weighted by Crippen LogP contribution is 2.26. The highest BCUT2D eigenvalue weighted by atomic mass is 16.5. The lowest BCUT2D eigenvalue weighted by molar-refractivity contribution is 0.102. The second-order valence-electron chi connectivity index (χ2n) is 7.11. The number of nitrogens with one attached hydrogen (secondary N) is 1. The molecule has 0 aliphatic carbocycles. The van der Waals surface area contributed by atoms with Crippen molar-refractivity contribution in [3.63, 3.8) is 0 Å². The van der Waals surface area contributed by atoms with Gasteiger partial charge in [-0.05, 0) is 37.3 Å². The van der Waals surface area contributed by atoms with Gasteiger partial charge in [0.05, 0.1) is 19.6 Å². The summed E-state index contributed by atoms with van der Waals surface area (Å²) < 4.78 is 16.4. The van der Waals surface area contributed by atoms with Gasteiger partial charge in [-0.1, -0.05) is 29.8 Å². The largest absolute Gasteiger partial charge is 0.497 e. The maximum Gasteiger partial charge on any atom is 0.255 e. The van der Waals surface area contributed by atoms with Crippen LogP contribution >= 0.6 is 0 Å². The Labute approximate surface area is 179 Å². The lowest BCUT2D eigenvalue weighted by Crippen LogP contribution is -2.12. The summed E-state index contributed by atoms with van der Waals surface area (Å²) in [5.74, 6) is 1.16. The second-order valence-corrected chi connectivity index (χ2v) is 7.11. The van der Waals surface area contributed by atoms with Gasteiger partial charge in [0.25, 0.3) is 5.91 Å². The number of benzene rings is 3. The van der Waals surface area contributed by atoms with Gasteiger partial charge in [-0.15, -0.1) is 0 Å². The summed E-state index contributed by atoms with van der Waals surface area (Å²) in [4.78, 5) is 25.4. The minimum absolute atomic E-state index is 0.184. The van der Waals surface area contributed by atoms with E-state index in [-0.39, 0.29) is 11.3 Å². The summed E-state index contributed by atoms with van der Waals surface area (Å²) in [5.41, 5.74) is 3.07. The first-order chi connectivity index (χ1) is 15.0. The van der Waals surface area contributed by atoms with E-state index in [0.717, 1.165) is 11.1 Å². The van der Waals surface area contributed by atoms with Crippen LogP contribution in [0.15, 0.2) is 75.9 Å². The fourth-order valence-electron chi connectivity index (χ4n) is 3.24. The summed E-state index contributed by atoms with van der Waals surface area (Å²) in [6.45, 7) is 2.00. The summed E-state index contributed by atoms with van der Waals surface area (Å²) in [7, 11) is 3.04. The molecule has 0 unspecified atom stereocenters. The quantitative estimate of drug-likeness (QED) is 0.494. The minimum Gasteiger partial charge on any atom is -0.497 e. The molecule has 0 saturated heterocycles. The smallest absolute Gasteiger partial charge is 0.255 e. The van der Waals surface area contributed by atoms with Crippen LogP contribution in [0.25, 0.3) is 22.3 Å². The standard InChI is InChI=1S/C25H21NO5/c1-15-4-6-16(7-5-15)24-14-22(27)21-12-18(8-9-23(21)31-24)26-25(28)17-10-19(29-2)13-20(11-17)30-3/h4-14H,1-3H3,(H,26,28). The van der Waals surface area contributed by atoms with Crippen LogP contribution < -0.4 is 20.2 Å². The number of ether oxygens (including phenoxy) is 2. The van der Waals surface area contributed by atoms with Crippen LogP contribution in [0.4, 0.5) is 5.69 Å². The molecule has 1 N–H and O–H groups in total. The number of amides is 1. The van der Waals surface area contributed by atoms with Gasteiger partial charge in [-0.25, -0.2) is 0 Å². The Morgan fingerprint density at radius 3 is 2.19 bits per heavy atom.